The van der Waals surface area contributed by atoms with Gasteiger partial charge in [0.05, 0.1) is 6.54 Å². The Kier molecular flexibility index (Phi) is 5.64. The van der Waals surface area contributed by atoms with Crippen molar-refractivity contribution >= 4 is 17.2 Å². The molecular formula is C25H17ClF3N5O. The van der Waals surface area contributed by atoms with Crippen molar-refractivity contribution in [2.45, 2.75) is 19.6 Å². The van der Waals surface area contributed by atoms with Crippen LogP contribution in [-0.2, 0) is 12.7 Å². The molecule has 0 saturated heterocycles. The molecule has 0 bridgehead atoms. The Morgan fingerprint density at radius 2 is 1.74 bits per heavy atom. The van der Waals surface area contributed by atoms with E-state index in [9.17, 15) is 18.0 Å². The fourth-order valence-corrected chi connectivity index (χ4v) is 4.02. The third-order valence-corrected chi connectivity index (χ3v) is 5.79. The van der Waals surface area contributed by atoms with Gasteiger partial charge in [0, 0.05) is 34.9 Å². The van der Waals surface area contributed by atoms with E-state index >= 15 is 0 Å². The van der Waals surface area contributed by atoms with Crippen molar-refractivity contribution in [2.75, 3.05) is 0 Å². The lowest BCUT2D eigenvalue weighted by molar-refractivity contribution is -0.141. The summed E-state index contributed by atoms with van der Waals surface area (Å²) in [6, 6.07) is 15.1. The van der Waals surface area contributed by atoms with Gasteiger partial charge in [-0.25, -0.2) is 13.9 Å². The largest absolute Gasteiger partial charge is 0.433 e. The van der Waals surface area contributed by atoms with E-state index in [1.54, 1.807) is 24.5 Å². The van der Waals surface area contributed by atoms with Crippen molar-refractivity contribution in [1.82, 2.24) is 24.1 Å². The van der Waals surface area contributed by atoms with Gasteiger partial charge in [0.25, 0.3) is 0 Å². The Morgan fingerprint density at radius 1 is 0.971 bits per heavy atom. The summed E-state index contributed by atoms with van der Waals surface area (Å²) >= 11 is 6.07. The van der Waals surface area contributed by atoms with Gasteiger partial charge in [0.2, 0.25) is 0 Å². The predicted octanol–water partition coefficient (Wildman–Crippen LogP) is 5.65. The molecule has 0 aliphatic rings. The van der Waals surface area contributed by atoms with Gasteiger partial charge < -0.3 is 0 Å². The van der Waals surface area contributed by atoms with Crippen molar-refractivity contribution in [2.24, 2.45) is 0 Å². The van der Waals surface area contributed by atoms with Crippen LogP contribution in [0.5, 0.6) is 0 Å². The van der Waals surface area contributed by atoms with Crippen molar-refractivity contribution in [3.05, 3.63) is 106 Å². The van der Waals surface area contributed by atoms with E-state index in [1.165, 1.54) is 15.1 Å². The molecule has 5 rings (SSSR count). The van der Waals surface area contributed by atoms with Crippen LogP contribution in [0.3, 0.4) is 0 Å². The monoisotopic (exact) mass is 495 g/mol. The summed E-state index contributed by atoms with van der Waals surface area (Å²) < 4.78 is 41.1. The van der Waals surface area contributed by atoms with E-state index in [2.05, 4.69) is 15.1 Å². The molecule has 1 aromatic carbocycles. The molecule has 10 heteroatoms. The van der Waals surface area contributed by atoms with Gasteiger partial charge >= 0.3 is 11.9 Å². The highest BCUT2D eigenvalue weighted by atomic mass is 35.5. The van der Waals surface area contributed by atoms with Gasteiger partial charge in [-0.1, -0.05) is 29.8 Å². The summed E-state index contributed by atoms with van der Waals surface area (Å²) in [7, 11) is 0. The highest BCUT2D eigenvalue weighted by Gasteiger charge is 2.32. The molecule has 4 aromatic heterocycles. The zero-order chi connectivity index (χ0) is 24.7. The summed E-state index contributed by atoms with van der Waals surface area (Å²) in [6.45, 7) is 1.84. The fraction of sp³-hybridized carbons (Fsp3) is 0.120. The SMILES string of the molecule is Cc1cc(-c2c(-c3ccc(Cl)cc3)ccn3c(=O)n(Cc4ccc(C(F)(F)F)nc4)nc23)ccn1. The van der Waals surface area contributed by atoms with Crippen molar-refractivity contribution in [3.63, 3.8) is 0 Å². The second-order valence-corrected chi connectivity index (χ2v) is 8.42. The van der Waals surface area contributed by atoms with Crippen LogP contribution in [0.1, 0.15) is 17.0 Å². The Hall–Kier alpha value is -3.98. The Bertz CT molecular complexity index is 1590. The quantitative estimate of drug-likeness (QED) is 0.323. The fourth-order valence-electron chi connectivity index (χ4n) is 3.90. The maximum absolute atomic E-state index is 13.1. The standard InChI is InChI=1S/C25H17ClF3N5O/c1-15-12-18(8-10-30-15)22-20(17-3-5-19(26)6-4-17)9-11-33-23(22)32-34(24(33)35)14-16-2-7-21(31-13-16)25(27,28)29/h2-13H,14H2,1H3. The second-order valence-electron chi connectivity index (χ2n) is 7.98. The lowest BCUT2D eigenvalue weighted by Gasteiger charge is -2.12. The first-order valence-corrected chi connectivity index (χ1v) is 10.9. The molecule has 4 heterocycles. The summed E-state index contributed by atoms with van der Waals surface area (Å²) in [5.74, 6) is 0. The normalized spacial score (nSPS) is 11.8. The van der Waals surface area contributed by atoms with E-state index in [-0.39, 0.29) is 6.54 Å². The average Bonchev–Trinajstić information content (AvgIpc) is 3.14. The molecule has 5 aromatic rings. The van der Waals surface area contributed by atoms with Crippen LogP contribution < -0.4 is 5.69 Å². The van der Waals surface area contributed by atoms with Crippen LogP contribution in [0.2, 0.25) is 5.02 Å². The van der Waals surface area contributed by atoms with E-state index in [0.717, 1.165) is 40.2 Å². The van der Waals surface area contributed by atoms with Gasteiger partial charge in [-0.3, -0.25) is 9.97 Å². The number of hydrogen-bond acceptors (Lipinski definition) is 4. The first-order valence-electron chi connectivity index (χ1n) is 10.5. The molecule has 0 spiro atoms. The maximum Gasteiger partial charge on any atom is 0.433 e. The minimum absolute atomic E-state index is 0.0310. The molecule has 35 heavy (non-hydrogen) atoms. The third-order valence-electron chi connectivity index (χ3n) is 5.54. The van der Waals surface area contributed by atoms with Crippen molar-refractivity contribution in [3.8, 4) is 22.3 Å². The first kappa shape index (κ1) is 22.8. The van der Waals surface area contributed by atoms with E-state index in [4.69, 9.17) is 11.6 Å². The number of pyridine rings is 3. The smallest absolute Gasteiger partial charge is 0.262 e. The lowest BCUT2D eigenvalue weighted by atomic mass is 9.96. The zero-order valence-corrected chi connectivity index (χ0v) is 19.0. The van der Waals surface area contributed by atoms with E-state index < -0.39 is 17.6 Å². The van der Waals surface area contributed by atoms with Crippen LogP contribution in [0.25, 0.3) is 27.9 Å². The summed E-state index contributed by atoms with van der Waals surface area (Å²) in [6.07, 6.45) is -0.115. The Balaban J connectivity index is 1.67. The van der Waals surface area contributed by atoms with Gasteiger partial charge in [0.1, 0.15) is 5.69 Å². The topological polar surface area (TPSA) is 65.1 Å². The molecule has 176 valence electrons. The number of fused-ring (bicyclic) bond motifs is 1. The van der Waals surface area contributed by atoms with Crippen LogP contribution >= 0.6 is 11.6 Å². The molecule has 0 unspecified atom stereocenters. The van der Waals surface area contributed by atoms with Gasteiger partial charge in [0.15, 0.2) is 5.65 Å². The van der Waals surface area contributed by atoms with Crippen LogP contribution in [0, 0.1) is 6.92 Å². The van der Waals surface area contributed by atoms with Crippen LogP contribution in [0.4, 0.5) is 13.2 Å². The number of aromatic nitrogens is 5. The highest BCUT2D eigenvalue weighted by Crippen LogP contribution is 2.35. The molecule has 6 nitrogen and oxygen atoms in total. The number of nitrogens with zero attached hydrogens (tertiary/aromatic N) is 5. The first-order chi connectivity index (χ1) is 16.7. The van der Waals surface area contributed by atoms with E-state index in [0.29, 0.717) is 16.2 Å². The number of benzene rings is 1. The molecule has 0 atom stereocenters. The molecule has 0 amide bonds. The van der Waals surface area contributed by atoms with Crippen molar-refractivity contribution in [1.29, 1.82) is 0 Å². The molecule has 0 radical (unpaired) electrons. The lowest BCUT2D eigenvalue weighted by Crippen LogP contribution is -2.21. The summed E-state index contributed by atoms with van der Waals surface area (Å²) in [4.78, 5) is 20.9. The number of alkyl halides is 3. The Labute approximate surface area is 202 Å². The number of rotatable bonds is 4. The van der Waals surface area contributed by atoms with Crippen LogP contribution in [0.15, 0.2) is 78.0 Å². The van der Waals surface area contributed by atoms with Gasteiger partial charge in [-0.05, 0) is 65.6 Å². The molecule has 0 aliphatic carbocycles. The maximum atomic E-state index is 13.1. The molecule has 0 fully saturated rings. The number of aryl methyl sites for hydroxylation is 1. The summed E-state index contributed by atoms with van der Waals surface area (Å²) in [5, 5.41) is 5.16. The minimum atomic E-state index is -4.53. The van der Waals surface area contributed by atoms with Crippen molar-refractivity contribution < 1.29 is 13.2 Å². The Morgan fingerprint density at radius 3 is 2.40 bits per heavy atom. The number of halogens is 4. The molecular weight excluding hydrogens is 479 g/mol. The minimum Gasteiger partial charge on any atom is -0.262 e. The average molecular weight is 496 g/mol. The van der Waals surface area contributed by atoms with Crippen LogP contribution in [-0.4, -0.2) is 24.1 Å². The van der Waals surface area contributed by atoms with Gasteiger partial charge in [-0.2, -0.15) is 13.2 Å². The molecule has 0 saturated carbocycles. The third kappa shape index (κ3) is 4.42. The second kappa shape index (κ2) is 8.66. The zero-order valence-electron chi connectivity index (χ0n) is 18.3. The van der Waals surface area contributed by atoms with Gasteiger partial charge in [-0.15, -0.1) is 5.10 Å². The molecule has 0 aliphatic heterocycles. The number of hydrogen-bond donors (Lipinski definition) is 0. The summed E-state index contributed by atoms with van der Waals surface area (Å²) in [5.41, 5.74) is 3.48. The predicted molar refractivity (Wildman–Crippen MR) is 126 cm³/mol. The highest BCUT2D eigenvalue weighted by molar-refractivity contribution is 6.30. The molecule has 0 N–H and O–H groups in total. The van der Waals surface area contributed by atoms with E-state index in [1.807, 2.05) is 37.3 Å².